The molecule has 0 heterocycles. The maximum atomic E-state index is 11.5. The first-order valence-electron chi connectivity index (χ1n) is 6.31. The van der Waals surface area contributed by atoms with Gasteiger partial charge in [-0.1, -0.05) is 20.3 Å². The molecule has 0 radical (unpaired) electrons. The van der Waals surface area contributed by atoms with Crippen LogP contribution in [0.2, 0.25) is 0 Å². The number of carboxylic acid groups (broad SMARTS) is 1. The standard InChI is InChI=1S/C12H22N2O3/c1-3-4-10(11(15)16)14-12(17)13-7-8(2)9-5-6-9/h8-10H,3-7H2,1-2H3,(H,15,16)(H2,13,14,17)/t8?,10-/m1/s1. The van der Waals surface area contributed by atoms with Crippen LogP contribution in [0.25, 0.3) is 0 Å². The lowest BCUT2D eigenvalue weighted by atomic mass is 10.1. The number of carboxylic acids is 1. The highest BCUT2D eigenvalue weighted by Gasteiger charge is 2.28. The number of carbonyl (C=O) groups is 2. The van der Waals surface area contributed by atoms with Crippen molar-refractivity contribution in [3.05, 3.63) is 0 Å². The Bertz CT molecular complexity index is 277. The fourth-order valence-corrected chi connectivity index (χ4v) is 1.84. The Morgan fingerprint density at radius 3 is 2.53 bits per heavy atom. The summed E-state index contributed by atoms with van der Waals surface area (Å²) < 4.78 is 0. The van der Waals surface area contributed by atoms with E-state index in [1.54, 1.807) is 0 Å². The molecule has 1 aliphatic rings. The van der Waals surface area contributed by atoms with Gasteiger partial charge in [-0.15, -0.1) is 0 Å². The lowest BCUT2D eigenvalue weighted by molar-refractivity contribution is -0.139. The minimum absolute atomic E-state index is 0.377. The zero-order valence-corrected chi connectivity index (χ0v) is 10.5. The molecule has 1 rings (SSSR count). The van der Waals surface area contributed by atoms with E-state index in [1.165, 1.54) is 12.8 Å². The van der Waals surface area contributed by atoms with Gasteiger partial charge in [0, 0.05) is 6.54 Å². The summed E-state index contributed by atoms with van der Waals surface area (Å²) in [7, 11) is 0. The van der Waals surface area contributed by atoms with Crippen molar-refractivity contribution >= 4 is 12.0 Å². The molecule has 1 aliphatic carbocycles. The van der Waals surface area contributed by atoms with Gasteiger partial charge in [-0.3, -0.25) is 0 Å². The predicted octanol–water partition coefficient (Wildman–Crippen LogP) is 1.59. The zero-order valence-electron chi connectivity index (χ0n) is 10.5. The number of aliphatic carboxylic acids is 1. The maximum Gasteiger partial charge on any atom is 0.326 e. The van der Waals surface area contributed by atoms with Crippen molar-refractivity contribution in [1.82, 2.24) is 10.6 Å². The maximum absolute atomic E-state index is 11.5. The number of urea groups is 1. The van der Waals surface area contributed by atoms with Crippen LogP contribution in [0.3, 0.4) is 0 Å². The number of nitrogens with one attached hydrogen (secondary N) is 2. The van der Waals surface area contributed by atoms with E-state index in [9.17, 15) is 9.59 Å². The molecular weight excluding hydrogens is 220 g/mol. The lowest BCUT2D eigenvalue weighted by Crippen LogP contribution is -2.46. The van der Waals surface area contributed by atoms with Crippen molar-refractivity contribution < 1.29 is 14.7 Å². The van der Waals surface area contributed by atoms with Crippen molar-refractivity contribution in [3.8, 4) is 0 Å². The van der Waals surface area contributed by atoms with Crippen molar-refractivity contribution in [2.75, 3.05) is 6.54 Å². The van der Waals surface area contributed by atoms with Crippen molar-refractivity contribution in [2.24, 2.45) is 11.8 Å². The molecule has 1 unspecified atom stereocenters. The fourth-order valence-electron chi connectivity index (χ4n) is 1.84. The van der Waals surface area contributed by atoms with E-state index in [1.807, 2.05) is 6.92 Å². The highest BCUT2D eigenvalue weighted by atomic mass is 16.4. The van der Waals surface area contributed by atoms with Gasteiger partial charge in [-0.25, -0.2) is 9.59 Å². The number of rotatable bonds is 7. The third kappa shape index (κ3) is 5.06. The highest BCUT2D eigenvalue weighted by Crippen LogP contribution is 2.35. The second-order valence-electron chi connectivity index (χ2n) is 4.85. The molecule has 17 heavy (non-hydrogen) atoms. The first-order chi connectivity index (χ1) is 8.04. The summed E-state index contributed by atoms with van der Waals surface area (Å²) >= 11 is 0. The van der Waals surface area contributed by atoms with E-state index in [4.69, 9.17) is 5.11 Å². The average Bonchev–Trinajstić information content (AvgIpc) is 3.08. The number of hydrogen-bond donors (Lipinski definition) is 3. The number of hydrogen-bond acceptors (Lipinski definition) is 2. The van der Waals surface area contributed by atoms with Gasteiger partial charge >= 0.3 is 12.0 Å². The van der Waals surface area contributed by atoms with E-state index in [0.29, 0.717) is 18.9 Å². The Labute approximate surface area is 102 Å². The molecule has 3 N–H and O–H groups in total. The van der Waals surface area contributed by atoms with E-state index < -0.39 is 12.0 Å². The van der Waals surface area contributed by atoms with Crippen molar-refractivity contribution in [2.45, 2.75) is 45.6 Å². The Kier molecular flexibility index (Phi) is 5.25. The van der Waals surface area contributed by atoms with Crippen LogP contribution in [0.5, 0.6) is 0 Å². The Balaban J connectivity index is 2.23. The Morgan fingerprint density at radius 2 is 2.06 bits per heavy atom. The fraction of sp³-hybridized carbons (Fsp3) is 0.833. The molecule has 5 nitrogen and oxygen atoms in total. The molecule has 5 heteroatoms. The van der Waals surface area contributed by atoms with Crippen molar-refractivity contribution in [3.63, 3.8) is 0 Å². The third-order valence-electron chi connectivity index (χ3n) is 3.19. The average molecular weight is 242 g/mol. The van der Waals surface area contributed by atoms with Gasteiger partial charge in [0.2, 0.25) is 0 Å². The summed E-state index contributed by atoms with van der Waals surface area (Å²) in [4.78, 5) is 22.3. The van der Waals surface area contributed by atoms with Crippen LogP contribution >= 0.6 is 0 Å². The van der Waals surface area contributed by atoms with Gasteiger partial charge in [0.1, 0.15) is 6.04 Å². The summed E-state index contributed by atoms with van der Waals surface area (Å²) in [5, 5.41) is 14.1. The van der Waals surface area contributed by atoms with E-state index in [2.05, 4.69) is 17.6 Å². The quantitative estimate of drug-likeness (QED) is 0.634. The van der Waals surface area contributed by atoms with E-state index in [0.717, 1.165) is 12.3 Å². The SMILES string of the molecule is CCC[C@@H](NC(=O)NCC(C)C1CC1)C(=O)O. The monoisotopic (exact) mass is 242 g/mol. The molecule has 1 saturated carbocycles. The Morgan fingerprint density at radius 1 is 1.41 bits per heavy atom. The van der Waals surface area contributed by atoms with Gasteiger partial charge in [-0.2, -0.15) is 0 Å². The van der Waals surface area contributed by atoms with Crippen LogP contribution in [0, 0.1) is 11.8 Å². The van der Waals surface area contributed by atoms with Gasteiger partial charge in [0.05, 0.1) is 0 Å². The molecule has 0 aromatic heterocycles. The molecule has 0 saturated heterocycles. The molecule has 2 amide bonds. The van der Waals surface area contributed by atoms with Crippen LogP contribution in [0.1, 0.15) is 39.5 Å². The first kappa shape index (κ1) is 13.8. The van der Waals surface area contributed by atoms with Crippen LogP contribution in [0.4, 0.5) is 4.79 Å². The summed E-state index contributed by atoms with van der Waals surface area (Å²) in [5.41, 5.74) is 0. The Hall–Kier alpha value is -1.26. The second-order valence-corrected chi connectivity index (χ2v) is 4.85. The van der Waals surface area contributed by atoms with Crippen LogP contribution in [0.15, 0.2) is 0 Å². The number of carbonyl (C=O) groups excluding carboxylic acids is 1. The van der Waals surface area contributed by atoms with E-state index >= 15 is 0 Å². The molecule has 0 aromatic carbocycles. The highest BCUT2D eigenvalue weighted by molar-refractivity contribution is 5.82. The summed E-state index contributed by atoms with van der Waals surface area (Å²) in [5.74, 6) is 0.244. The van der Waals surface area contributed by atoms with Gasteiger partial charge in [-0.05, 0) is 31.1 Å². The predicted molar refractivity (Wildman–Crippen MR) is 64.8 cm³/mol. The van der Waals surface area contributed by atoms with Crippen LogP contribution in [-0.2, 0) is 4.79 Å². The molecule has 98 valence electrons. The minimum atomic E-state index is -0.975. The van der Waals surface area contributed by atoms with Gasteiger partial charge in [0.15, 0.2) is 0 Å². The smallest absolute Gasteiger partial charge is 0.326 e. The summed E-state index contributed by atoms with van der Waals surface area (Å²) in [6.45, 7) is 4.62. The normalized spacial score (nSPS) is 18.2. The first-order valence-corrected chi connectivity index (χ1v) is 6.31. The van der Waals surface area contributed by atoms with Gasteiger partial charge in [0.25, 0.3) is 0 Å². The molecular formula is C12H22N2O3. The second kappa shape index (κ2) is 6.47. The summed E-state index contributed by atoms with van der Waals surface area (Å²) in [6, 6.07) is -1.16. The molecule has 0 spiro atoms. The minimum Gasteiger partial charge on any atom is -0.480 e. The van der Waals surface area contributed by atoms with Crippen molar-refractivity contribution in [1.29, 1.82) is 0 Å². The molecule has 2 atom stereocenters. The van der Waals surface area contributed by atoms with E-state index in [-0.39, 0.29) is 6.03 Å². The van der Waals surface area contributed by atoms with Crippen LogP contribution < -0.4 is 10.6 Å². The largest absolute Gasteiger partial charge is 0.480 e. The molecule has 0 aliphatic heterocycles. The molecule has 0 aromatic rings. The van der Waals surface area contributed by atoms with Crippen LogP contribution in [-0.4, -0.2) is 29.7 Å². The zero-order chi connectivity index (χ0) is 12.8. The lowest BCUT2D eigenvalue weighted by Gasteiger charge is -2.16. The third-order valence-corrected chi connectivity index (χ3v) is 3.19. The molecule has 0 bridgehead atoms. The summed E-state index contributed by atoms with van der Waals surface area (Å²) in [6.07, 6.45) is 3.69. The number of amides is 2. The molecule has 1 fully saturated rings. The topological polar surface area (TPSA) is 78.4 Å². The van der Waals surface area contributed by atoms with Gasteiger partial charge < -0.3 is 15.7 Å².